The van der Waals surface area contributed by atoms with Crippen molar-refractivity contribution < 1.29 is 27.8 Å². The van der Waals surface area contributed by atoms with E-state index in [0.29, 0.717) is 13.5 Å². The Kier molecular flexibility index (Phi) is 5.91. The Morgan fingerprint density at radius 2 is 1.94 bits per heavy atom. The van der Waals surface area contributed by atoms with E-state index < -0.39 is 17.7 Å². The van der Waals surface area contributed by atoms with Crippen molar-refractivity contribution in [1.29, 1.82) is 0 Å². The first kappa shape index (κ1) is 16.2. The van der Waals surface area contributed by atoms with E-state index >= 15 is 0 Å². The lowest BCUT2D eigenvalue weighted by Crippen LogP contribution is -2.60. The van der Waals surface area contributed by atoms with Gasteiger partial charge in [-0.2, -0.15) is 13.2 Å². The normalized spacial score (nSPS) is 15.9. The zero-order valence-electron chi connectivity index (χ0n) is 10.1. The molecule has 1 unspecified atom stereocenters. The second-order valence-corrected chi connectivity index (χ2v) is 4.32. The molecule has 1 atom stereocenters. The van der Waals surface area contributed by atoms with Gasteiger partial charge in [-0.05, 0) is 12.8 Å². The molecule has 0 fully saturated rings. The molecule has 0 aliphatic heterocycles. The lowest BCUT2D eigenvalue weighted by molar-refractivity contribution is -0.206. The molecule has 0 spiro atoms. The second-order valence-electron chi connectivity index (χ2n) is 4.32. The van der Waals surface area contributed by atoms with Crippen LogP contribution < -0.4 is 5.32 Å². The molecule has 0 amide bonds. The summed E-state index contributed by atoms with van der Waals surface area (Å²) >= 11 is 0. The summed E-state index contributed by atoms with van der Waals surface area (Å²) in [6, 6.07) is 0. The number of hydrogen-bond acceptors (Lipinski definition) is 3. The van der Waals surface area contributed by atoms with Gasteiger partial charge in [-0.25, -0.2) is 4.79 Å². The molecule has 2 N–H and O–H groups in total. The standard InChI is InChI=1S/C10H18F3NO3/c1-7(2)6-17-5-4-14-9(3,8(15)16)10(11,12)13/h7,14H,4-6H2,1-3H3,(H,15,16). The van der Waals surface area contributed by atoms with Crippen molar-refractivity contribution in [3.63, 3.8) is 0 Å². The molecule has 0 rings (SSSR count). The summed E-state index contributed by atoms with van der Waals surface area (Å²) in [5.41, 5.74) is -2.94. The largest absolute Gasteiger partial charge is 0.480 e. The van der Waals surface area contributed by atoms with Crippen LogP contribution in [0.4, 0.5) is 13.2 Å². The van der Waals surface area contributed by atoms with Gasteiger partial charge >= 0.3 is 12.1 Å². The minimum Gasteiger partial charge on any atom is -0.480 e. The maximum atomic E-state index is 12.5. The van der Waals surface area contributed by atoms with Crippen LogP contribution in [0.5, 0.6) is 0 Å². The van der Waals surface area contributed by atoms with Crippen LogP contribution in [0.2, 0.25) is 0 Å². The Labute approximate surface area is 98.1 Å². The lowest BCUT2D eigenvalue weighted by atomic mass is 10.0. The van der Waals surface area contributed by atoms with Crippen molar-refractivity contribution in [3.05, 3.63) is 0 Å². The van der Waals surface area contributed by atoms with Crippen molar-refractivity contribution in [2.75, 3.05) is 19.8 Å². The van der Waals surface area contributed by atoms with Gasteiger partial charge in [0, 0.05) is 13.2 Å². The van der Waals surface area contributed by atoms with E-state index in [2.05, 4.69) is 0 Å². The third-order valence-electron chi connectivity index (χ3n) is 2.17. The van der Waals surface area contributed by atoms with E-state index in [4.69, 9.17) is 9.84 Å². The predicted octanol–water partition coefficient (Wildman–Crippen LogP) is 1.65. The summed E-state index contributed by atoms with van der Waals surface area (Å²) in [4.78, 5) is 10.6. The fraction of sp³-hybridized carbons (Fsp3) is 0.900. The topological polar surface area (TPSA) is 58.6 Å². The van der Waals surface area contributed by atoms with Gasteiger partial charge in [0.2, 0.25) is 5.54 Å². The number of hydrogen-bond donors (Lipinski definition) is 2. The zero-order valence-corrected chi connectivity index (χ0v) is 10.1. The fourth-order valence-corrected chi connectivity index (χ4v) is 0.989. The molecule has 7 heteroatoms. The van der Waals surface area contributed by atoms with E-state index in [1.165, 1.54) is 0 Å². The van der Waals surface area contributed by atoms with Crippen molar-refractivity contribution in [2.24, 2.45) is 5.92 Å². The average molecular weight is 257 g/mol. The van der Waals surface area contributed by atoms with Crippen LogP contribution in [0, 0.1) is 5.92 Å². The molecule has 0 aliphatic rings. The number of carboxylic acids is 1. The summed E-state index contributed by atoms with van der Waals surface area (Å²) in [6.07, 6.45) is -4.85. The Balaban J connectivity index is 4.17. The lowest BCUT2D eigenvalue weighted by Gasteiger charge is -2.28. The minimum absolute atomic E-state index is 0.0388. The van der Waals surface area contributed by atoms with Crippen molar-refractivity contribution in [3.8, 4) is 0 Å². The molecule has 0 bridgehead atoms. The highest BCUT2D eigenvalue weighted by molar-refractivity contribution is 5.79. The summed E-state index contributed by atoms with van der Waals surface area (Å²) < 4.78 is 42.6. The molecule has 4 nitrogen and oxygen atoms in total. The summed E-state index contributed by atoms with van der Waals surface area (Å²) in [7, 11) is 0. The number of ether oxygens (including phenoxy) is 1. The van der Waals surface area contributed by atoms with Gasteiger partial charge in [0.25, 0.3) is 0 Å². The Bertz CT molecular complexity index is 256. The molecule has 0 radical (unpaired) electrons. The van der Waals surface area contributed by atoms with Crippen LogP contribution in [0.25, 0.3) is 0 Å². The molecule has 0 saturated carbocycles. The molecule has 0 aromatic rings. The number of alkyl halides is 3. The Morgan fingerprint density at radius 3 is 2.29 bits per heavy atom. The quantitative estimate of drug-likeness (QED) is 0.681. The highest BCUT2D eigenvalue weighted by Crippen LogP contribution is 2.30. The number of aliphatic carboxylic acids is 1. The first-order valence-corrected chi connectivity index (χ1v) is 5.24. The van der Waals surface area contributed by atoms with Crippen LogP contribution in [0.1, 0.15) is 20.8 Å². The monoisotopic (exact) mass is 257 g/mol. The van der Waals surface area contributed by atoms with Gasteiger partial charge in [-0.1, -0.05) is 13.8 Å². The highest BCUT2D eigenvalue weighted by atomic mass is 19.4. The number of nitrogens with one attached hydrogen (secondary N) is 1. The van der Waals surface area contributed by atoms with Gasteiger partial charge in [0.1, 0.15) is 0 Å². The molecule has 0 aromatic carbocycles. The molecule has 0 aromatic heterocycles. The van der Waals surface area contributed by atoms with E-state index in [1.807, 2.05) is 19.2 Å². The van der Waals surface area contributed by atoms with E-state index in [0.717, 1.165) is 0 Å². The highest BCUT2D eigenvalue weighted by Gasteiger charge is 2.56. The molecule has 0 aliphatic carbocycles. The van der Waals surface area contributed by atoms with Gasteiger partial charge in [-0.15, -0.1) is 0 Å². The van der Waals surface area contributed by atoms with Crippen LogP contribution in [0.3, 0.4) is 0 Å². The van der Waals surface area contributed by atoms with Crippen LogP contribution in [-0.2, 0) is 9.53 Å². The van der Waals surface area contributed by atoms with Gasteiger partial charge < -0.3 is 9.84 Å². The Morgan fingerprint density at radius 1 is 1.41 bits per heavy atom. The van der Waals surface area contributed by atoms with Crippen LogP contribution >= 0.6 is 0 Å². The fourth-order valence-electron chi connectivity index (χ4n) is 0.989. The molecular weight excluding hydrogens is 239 g/mol. The van der Waals surface area contributed by atoms with E-state index in [1.54, 1.807) is 0 Å². The SMILES string of the molecule is CC(C)COCCNC(C)(C(=O)O)C(F)(F)F. The van der Waals surface area contributed by atoms with Crippen molar-refractivity contribution in [2.45, 2.75) is 32.5 Å². The number of rotatable bonds is 7. The van der Waals surface area contributed by atoms with Gasteiger partial charge in [-0.3, -0.25) is 5.32 Å². The maximum absolute atomic E-state index is 12.5. The summed E-state index contributed by atoms with van der Waals surface area (Å²) in [5.74, 6) is -1.67. The van der Waals surface area contributed by atoms with Crippen LogP contribution in [0.15, 0.2) is 0 Å². The number of halogens is 3. The molecular formula is C10H18F3NO3. The molecule has 0 heterocycles. The minimum atomic E-state index is -4.85. The maximum Gasteiger partial charge on any atom is 0.417 e. The molecule has 17 heavy (non-hydrogen) atoms. The first-order valence-electron chi connectivity index (χ1n) is 5.24. The van der Waals surface area contributed by atoms with E-state index in [9.17, 15) is 18.0 Å². The summed E-state index contributed by atoms with van der Waals surface area (Å²) in [6.45, 7) is 4.70. The second kappa shape index (κ2) is 6.20. The third kappa shape index (κ3) is 4.91. The van der Waals surface area contributed by atoms with Gasteiger partial charge in [0.15, 0.2) is 0 Å². The van der Waals surface area contributed by atoms with Crippen LogP contribution in [-0.4, -0.2) is 42.5 Å². The smallest absolute Gasteiger partial charge is 0.417 e. The zero-order chi connectivity index (χ0) is 13.7. The van der Waals surface area contributed by atoms with Crippen molar-refractivity contribution >= 4 is 5.97 Å². The van der Waals surface area contributed by atoms with Crippen molar-refractivity contribution in [1.82, 2.24) is 5.32 Å². The Hall–Kier alpha value is -0.820. The van der Waals surface area contributed by atoms with E-state index in [-0.39, 0.29) is 19.1 Å². The molecule has 0 saturated heterocycles. The number of carbonyl (C=O) groups is 1. The third-order valence-corrected chi connectivity index (χ3v) is 2.17. The average Bonchev–Trinajstić information content (AvgIpc) is 2.14. The number of carboxylic acid groups (broad SMARTS) is 1. The first-order chi connectivity index (χ1) is 7.61. The summed E-state index contributed by atoms with van der Waals surface area (Å²) in [5, 5.41) is 10.5. The van der Waals surface area contributed by atoms with Gasteiger partial charge in [0.05, 0.1) is 6.61 Å². The molecule has 102 valence electrons. The predicted molar refractivity (Wildman–Crippen MR) is 55.8 cm³/mol.